The lowest BCUT2D eigenvalue weighted by molar-refractivity contribution is -0.132. The number of aliphatic hydroxyl groups is 1. The maximum atomic E-state index is 13.0. The molecule has 1 N–H and O–H groups in total. The lowest BCUT2D eigenvalue weighted by Crippen LogP contribution is -2.29. The van der Waals surface area contributed by atoms with Crippen LogP contribution in [0.4, 0.5) is 5.69 Å². The molecule has 1 atom stereocenters. The van der Waals surface area contributed by atoms with Crippen molar-refractivity contribution in [2.24, 2.45) is 0 Å². The molecule has 1 aliphatic heterocycles. The first kappa shape index (κ1) is 20.4. The minimum Gasteiger partial charge on any atom is -0.507 e. The highest BCUT2D eigenvalue weighted by molar-refractivity contribution is 7.10. The second-order valence-electron chi connectivity index (χ2n) is 7.17. The molecule has 6 heteroatoms. The summed E-state index contributed by atoms with van der Waals surface area (Å²) in [6.07, 6.45) is 0.870. The fourth-order valence-corrected chi connectivity index (χ4v) is 4.60. The fourth-order valence-electron chi connectivity index (χ4n) is 3.60. The number of anilines is 1. The second-order valence-corrected chi connectivity index (χ2v) is 8.55. The molecule has 4 nitrogen and oxygen atoms in total. The van der Waals surface area contributed by atoms with Gasteiger partial charge in [0.05, 0.1) is 5.57 Å². The van der Waals surface area contributed by atoms with Crippen LogP contribution in [0.1, 0.15) is 34.5 Å². The molecular formula is C24H20ClNO3S. The molecule has 4 rings (SSSR count). The number of nitrogens with zero attached hydrogens (tertiary/aromatic N) is 1. The minimum absolute atomic E-state index is 0.0865. The van der Waals surface area contributed by atoms with E-state index in [4.69, 9.17) is 11.6 Å². The number of hydrogen-bond acceptors (Lipinski definition) is 4. The summed E-state index contributed by atoms with van der Waals surface area (Å²) in [5.41, 5.74) is 3.11. The summed E-state index contributed by atoms with van der Waals surface area (Å²) in [6.45, 7) is 3.92. The van der Waals surface area contributed by atoms with Crippen LogP contribution in [0.5, 0.6) is 0 Å². The number of amides is 1. The highest BCUT2D eigenvalue weighted by Gasteiger charge is 2.47. The Balaban J connectivity index is 1.90. The zero-order valence-electron chi connectivity index (χ0n) is 16.6. The summed E-state index contributed by atoms with van der Waals surface area (Å²) in [6, 6.07) is 15.6. The Morgan fingerprint density at radius 2 is 1.87 bits per heavy atom. The minimum atomic E-state index is -0.713. The van der Waals surface area contributed by atoms with Crippen LogP contribution in [-0.4, -0.2) is 16.8 Å². The highest BCUT2D eigenvalue weighted by Crippen LogP contribution is 2.44. The van der Waals surface area contributed by atoms with Crippen LogP contribution in [0.25, 0.3) is 5.76 Å². The van der Waals surface area contributed by atoms with Crippen LogP contribution in [0, 0.1) is 6.92 Å². The van der Waals surface area contributed by atoms with E-state index in [-0.39, 0.29) is 11.3 Å². The van der Waals surface area contributed by atoms with Crippen molar-refractivity contribution in [3.05, 3.63) is 92.1 Å². The number of rotatable bonds is 4. The van der Waals surface area contributed by atoms with E-state index in [1.807, 2.05) is 49.6 Å². The molecule has 0 spiro atoms. The van der Waals surface area contributed by atoms with Gasteiger partial charge in [0.1, 0.15) is 11.8 Å². The summed E-state index contributed by atoms with van der Waals surface area (Å²) >= 11 is 7.72. The van der Waals surface area contributed by atoms with E-state index in [0.29, 0.717) is 16.3 Å². The molecular weight excluding hydrogens is 418 g/mol. The maximum absolute atomic E-state index is 13.0. The van der Waals surface area contributed by atoms with E-state index >= 15 is 0 Å². The van der Waals surface area contributed by atoms with Gasteiger partial charge in [-0.3, -0.25) is 14.5 Å². The molecule has 2 heterocycles. The van der Waals surface area contributed by atoms with Crippen molar-refractivity contribution in [1.29, 1.82) is 0 Å². The van der Waals surface area contributed by atoms with E-state index in [9.17, 15) is 14.7 Å². The third kappa shape index (κ3) is 3.44. The van der Waals surface area contributed by atoms with Crippen molar-refractivity contribution in [2.45, 2.75) is 26.3 Å². The fraction of sp³-hybridized carbons (Fsp3) is 0.167. The van der Waals surface area contributed by atoms with Gasteiger partial charge in [0, 0.05) is 21.2 Å². The summed E-state index contributed by atoms with van der Waals surface area (Å²) in [5, 5.41) is 13.5. The van der Waals surface area contributed by atoms with Crippen LogP contribution >= 0.6 is 22.9 Å². The standard InChI is InChI=1S/C24H20ClNO3S/c1-3-15-7-9-16(10-8-15)22(27)20-21(19-5-4-12-30-19)26(24(29)23(20)28)17-11-6-14(2)18(25)13-17/h4-13,21,27H,3H2,1-2H3/b22-20-. The monoisotopic (exact) mass is 437 g/mol. The normalized spacial score (nSPS) is 18.2. The molecule has 1 amide bonds. The number of hydrogen-bond donors (Lipinski definition) is 1. The van der Waals surface area contributed by atoms with Crippen LogP contribution in [0.15, 0.2) is 65.6 Å². The van der Waals surface area contributed by atoms with Gasteiger partial charge in [-0.05, 0) is 48.1 Å². The Morgan fingerprint density at radius 3 is 2.47 bits per heavy atom. The molecule has 0 saturated carbocycles. The lowest BCUT2D eigenvalue weighted by atomic mass is 9.99. The number of carbonyl (C=O) groups excluding carboxylic acids is 2. The van der Waals surface area contributed by atoms with Crippen LogP contribution in [-0.2, 0) is 16.0 Å². The van der Waals surface area contributed by atoms with Gasteiger partial charge < -0.3 is 5.11 Å². The van der Waals surface area contributed by atoms with Gasteiger partial charge in [0.2, 0.25) is 0 Å². The third-order valence-corrected chi connectivity index (χ3v) is 6.66. The SMILES string of the molecule is CCc1ccc(/C(O)=C2/C(=O)C(=O)N(c3ccc(C)c(Cl)c3)C2c2cccs2)cc1. The summed E-state index contributed by atoms with van der Waals surface area (Å²) in [7, 11) is 0. The molecule has 0 radical (unpaired) electrons. The first-order valence-corrected chi connectivity index (χ1v) is 10.9. The zero-order chi connectivity index (χ0) is 21.4. The average molecular weight is 438 g/mol. The molecule has 1 aliphatic rings. The summed E-state index contributed by atoms with van der Waals surface area (Å²) in [5.74, 6) is -1.56. The van der Waals surface area contributed by atoms with E-state index in [1.165, 1.54) is 16.2 Å². The van der Waals surface area contributed by atoms with Crippen molar-refractivity contribution >= 4 is 46.1 Å². The molecule has 1 aromatic heterocycles. The smallest absolute Gasteiger partial charge is 0.300 e. The first-order valence-electron chi connectivity index (χ1n) is 9.62. The van der Waals surface area contributed by atoms with E-state index in [2.05, 4.69) is 0 Å². The maximum Gasteiger partial charge on any atom is 0.300 e. The Bertz CT molecular complexity index is 1150. The largest absolute Gasteiger partial charge is 0.507 e. The van der Waals surface area contributed by atoms with Crippen LogP contribution in [0.3, 0.4) is 0 Å². The Labute approximate surface area is 184 Å². The second kappa shape index (κ2) is 8.09. The number of thiophene rings is 1. The van der Waals surface area contributed by atoms with E-state index in [1.54, 1.807) is 24.3 Å². The zero-order valence-corrected chi connectivity index (χ0v) is 18.1. The van der Waals surface area contributed by atoms with Gasteiger partial charge in [0.15, 0.2) is 0 Å². The Morgan fingerprint density at radius 1 is 1.13 bits per heavy atom. The van der Waals surface area contributed by atoms with Crippen molar-refractivity contribution in [3.63, 3.8) is 0 Å². The number of ketones is 1. The molecule has 1 unspecified atom stereocenters. The lowest BCUT2D eigenvalue weighted by Gasteiger charge is -2.24. The number of carbonyl (C=O) groups is 2. The Kier molecular flexibility index (Phi) is 5.50. The van der Waals surface area contributed by atoms with Crippen molar-refractivity contribution in [3.8, 4) is 0 Å². The first-order chi connectivity index (χ1) is 14.4. The summed E-state index contributed by atoms with van der Waals surface area (Å²) in [4.78, 5) is 28.3. The van der Waals surface area contributed by atoms with Crippen LogP contribution < -0.4 is 4.90 Å². The number of aryl methyl sites for hydroxylation is 2. The Hall–Kier alpha value is -2.89. The molecule has 0 aliphatic carbocycles. The molecule has 152 valence electrons. The molecule has 0 bridgehead atoms. The van der Waals surface area contributed by atoms with Crippen LogP contribution in [0.2, 0.25) is 5.02 Å². The highest BCUT2D eigenvalue weighted by atomic mass is 35.5. The molecule has 30 heavy (non-hydrogen) atoms. The molecule has 3 aromatic rings. The summed E-state index contributed by atoms with van der Waals surface area (Å²) < 4.78 is 0. The number of Topliss-reactive ketones (excluding diaryl/α,β-unsaturated/α-hetero) is 1. The topological polar surface area (TPSA) is 57.6 Å². The van der Waals surface area contributed by atoms with Gasteiger partial charge in [-0.25, -0.2) is 0 Å². The van der Waals surface area contributed by atoms with Gasteiger partial charge in [-0.2, -0.15) is 0 Å². The van der Waals surface area contributed by atoms with Crippen molar-refractivity contribution in [2.75, 3.05) is 4.90 Å². The quantitative estimate of drug-likeness (QED) is 0.314. The van der Waals surface area contributed by atoms with Gasteiger partial charge in [-0.1, -0.05) is 54.9 Å². The van der Waals surface area contributed by atoms with Crippen molar-refractivity contribution < 1.29 is 14.7 Å². The van der Waals surface area contributed by atoms with Crippen molar-refractivity contribution in [1.82, 2.24) is 0 Å². The van der Waals surface area contributed by atoms with Gasteiger partial charge >= 0.3 is 0 Å². The number of benzene rings is 2. The van der Waals surface area contributed by atoms with Gasteiger partial charge in [-0.15, -0.1) is 11.3 Å². The molecule has 1 fully saturated rings. The predicted molar refractivity (Wildman–Crippen MR) is 121 cm³/mol. The number of aliphatic hydroxyl groups excluding tert-OH is 1. The van der Waals surface area contributed by atoms with E-state index in [0.717, 1.165) is 22.4 Å². The number of halogens is 1. The predicted octanol–water partition coefficient (Wildman–Crippen LogP) is 5.90. The van der Waals surface area contributed by atoms with E-state index < -0.39 is 17.7 Å². The average Bonchev–Trinajstić information content (AvgIpc) is 3.37. The van der Waals surface area contributed by atoms with Gasteiger partial charge in [0.25, 0.3) is 11.7 Å². The third-order valence-electron chi connectivity index (χ3n) is 5.33. The molecule has 2 aromatic carbocycles. The molecule has 1 saturated heterocycles.